The van der Waals surface area contributed by atoms with Crippen LogP contribution in [0.2, 0.25) is 0 Å². The molecule has 2 aliphatic heterocycles. The molecule has 2 fully saturated rings. The van der Waals surface area contributed by atoms with Crippen LogP contribution in [0.3, 0.4) is 0 Å². The number of nitrogens with zero attached hydrogens (tertiary/aromatic N) is 3. The van der Waals surface area contributed by atoms with Crippen LogP contribution in [0.4, 0.5) is 0 Å². The summed E-state index contributed by atoms with van der Waals surface area (Å²) in [5.41, 5.74) is 3.81. The SMILES string of the molecule is CCn1nc(C)c(CN2CC[C@@]3(CCCO3)[C@@H](OC)C2)c1C. The van der Waals surface area contributed by atoms with Gasteiger partial charge < -0.3 is 9.47 Å². The lowest BCUT2D eigenvalue weighted by molar-refractivity contribution is -0.143. The number of likely N-dealkylation sites (tertiary alicyclic amines) is 1. The third-order valence-electron chi connectivity index (χ3n) is 5.49. The summed E-state index contributed by atoms with van der Waals surface area (Å²) < 4.78 is 14.0. The third-order valence-corrected chi connectivity index (χ3v) is 5.49. The second-order valence-electron chi connectivity index (χ2n) is 6.69. The van der Waals surface area contributed by atoms with Crippen molar-refractivity contribution in [3.63, 3.8) is 0 Å². The molecule has 3 heterocycles. The average Bonchev–Trinajstić information content (AvgIpc) is 3.09. The van der Waals surface area contributed by atoms with E-state index in [0.717, 1.165) is 51.3 Å². The van der Waals surface area contributed by atoms with Crippen LogP contribution in [0.15, 0.2) is 0 Å². The molecule has 0 N–H and O–H groups in total. The van der Waals surface area contributed by atoms with Gasteiger partial charge in [0, 0.05) is 51.2 Å². The van der Waals surface area contributed by atoms with Gasteiger partial charge in [-0.25, -0.2) is 0 Å². The Kier molecular flexibility index (Phi) is 4.57. The maximum atomic E-state index is 6.08. The molecule has 2 saturated heterocycles. The predicted molar refractivity (Wildman–Crippen MR) is 86.0 cm³/mol. The van der Waals surface area contributed by atoms with Gasteiger partial charge in [-0.05, 0) is 40.0 Å². The minimum atomic E-state index is -0.0249. The average molecular weight is 307 g/mol. The van der Waals surface area contributed by atoms with Gasteiger partial charge in [-0.3, -0.25) is 9.58 Å². The van der Waals surface area contributed by atoms with E-state index in [4.69, 9.17) is 9.47 Å². The van der Waals surface area contributed by atoms with Crippen molar-refractivity contribution >= 4 is 0 Å². The highest BCUT2D eigenvalue weighted by Crippen LogP contribution is 2.37. The first-order valence-electron chi connectivity index (χ1n) is 8.51. The Labute approximate surface area is 133 Å². The fourth-order valence-corrected chi connectivity index (χ4v) is 4.10. The van der Waals surface area contributed by atoms with Crippen LogP contribution in [0.5, 0.6) is 0 Å². The Morgan fingerprint density at radius 1 is 1.36 bits per heavy atom. The normalized spacial score (nSPS) is 29.5. The van der Waals surface area contributed by atoms with E-state index in [1.807, 2.05) is 7.11 Å². The van der Waals surface area contributed by atoms with E-state index in [0.29, 0.717) is 0 Å². The Bertz CT molecular complexity index is 520. The van der Waals surface area contributed by atoms with Crippen molar-refractivity contribution in [3.05, 3.63) is 17.0 Å². The van der Waals surface area contributed by atoms with Crippen LogP contribution in [-0.2, 0) is 22.6 Å². The van der Waals surface area contributed by atoms with Crippen LogP contribution in [0.1, 0.15) is 43.1 Å². The summed E-state index contributed by atoms with van der Waals surface area (Å²) in [5, 5.41) is 4.64. The molecule has 22 heavy (non-hydrogen) atoms. The molecule has 3 rings (SSSR count). The van der Waals surface area contributed by atoms with Crippen LogP contribution >= 0.6 is 0 Å². The molecule has 124 valence electrons. The van der Waals surface area contributed by atoms with Gasteiger partial charge in [0.05, 0.1) is 17.4 Å². The number of ether oxygens (including phenoxy) is 2. The van der Waals surface area contributed by atoms with Crippen molar-refractivity contribution in [2.75, 3.05) is 26.8 Å². The van der Waals surface area contributed by atoms with Crippen LogP contribution in [-0.4, -0.2) is 53.2 Å². The highest BCUT2D eigenvalue weighted by atomic mass is 16.5. The lowest BCUT2D eigenvalue weighted by atomic mass is 9.85. The standard InChI is InChI=1S/C17H29N3O2/c1-5-20-14(3)15(13(2)18-20)11-19-9-8-17(7-6-10-22-17)16(12-19)21-4/h16H,5-12H2,1-4H3/t16-,17-/m0/s1. The van der Waals surface area contributed by atoms with Gasteiger partial charge in [0.15, 0.2) is 0 Å². The monoisotopic (exact) mass is 307 g/mol. The van der Waals surface area contributed by atoms with Gasteiger partial charge in [-0.15, -0.1) is 0 Å². The summed E-state index contributed by atoms with van der Waals surface area (Å²) in [5.74, 6) is 0. The molecule has 1 spiro atoms. The molecule has 0 radical (unpaired) electrons. The molecule has 0 saturated carbocycles. The Hall–Kier alpha value is -0.910. The van der Waals surface area contributed by atoms with Crippen LogP contribution < -0.4 is 0 Å². The maximum Gasteiger partial charge on any atom is 0.0987 e. The quantitative estimate of drug-likeness (QED) is 0.855. The van der Waals surface area contributed by atoms with Crippen molar-refractivity contribution < 1.29 is 9.47 Å². The van der Waals surface area contributed by atoms with Crippen molar-refractivity contribution in [1.82, 2.24) is 14.7 Å². The van der Waals surface area contributed by atoms with Crippen LogP contribution in [0.25, 0.3) is 0 Å². The van der Waals surface area contributed by atoms with Crippen molar-refractivity contribution in [2.24, 2.45) is 0 Å². The predicted octanol–water partition coefficient (Wildman–Crippen LogP) is 2.29. The molecular weight excluding hydrogens is 278 g/mol. The zero-order valence-electron chi connectivity index (χ0n) is 14.4. The van der Waals surface area contributed by atoms with Gasteiger partial charge in [-0.2, -0.15) is 5.10 Å². The lowest BCUT2D eigenvalue weighted by Crippen LogP contribution is -2.55. The van der Waals surface area contributed by atoms with Gasteiger partial charge in [-0.1, -0.05) is 0 Å². The van der Waals surface area contributed by atoms with E-state index >= 15 is 0 Å². The summed E-state index contributed by atoms with van der Waals surface area (Å²) in [7, 11) is 1.82. The van der Waals surface area contributed by atoms with E-state index in [1.54, 1.807) is 0 Å². The maximum absolute atomic E-state index is 6.08. The van der Waals surface area contributed by atoms with E-state index in [-0.39, 0.29) is 11.7 Å². The van der Waals surface area contributed by atoms with E-state index in [9.17, 15) is 0 Å². The molecule has 5 nitrogen and oxygen atoms in total. The molecule has 0 aliphatic carbocycles. The van der Waals surface area contributed by atoms with Gasteiger partial charge in [0.1, 0.15) is 0 Å². The molecule has 1 aromatic rings. The van der Waals surface area contributed by atoms with Crippen molar-refractivity contribution in [2.45, 2.75) is 64.8 Å². The number of hydrogen-bond acceptors (Lipinski definition) is 4. The lowest BCUT2D eigenvalue weighted by Gasteiger charge is -2.44. The number of methoxy groups -OCH3 is 1. The Morgan fingerprint density at radius 2 is 2.18 bits per heavy atom. The topological polar surface area (TPSA) is 39.5 Å². The number of piperidine rings is 1. The molecule has 0 aromatic carbocycles. The second-order valence-corrected chi connectivity index (χ2v) is 6.69. The molecule has 2 atom stereocenters. The zero-order valence-corrected chi connectivity index (χ0v) is 14.4. The highest BCUT2D eigenvalue weighted by Gasteiger charge is 2.46. The summed E-state index contributed by atoms with van der Waals surface area (Å²) in [6, 6.07) is 0. The number of aromatic nitrogens is 2. The minimum Gasteiger partial charge on any atom is -0.377 e. The Morgan fingerprint density at radius 3 is 2.77 bits per heavy atom. The smallest absolute Gasteiger partial charge is 0.0987 e. The number of hydrogen-bond donors (Lipinski definition) is 0. The highest BCUT2D eigenvalue weighted by molar-refractivity contribution is 5.24. The fraction of sp³-hybridized carbons (Fsp3) is 0.824. The minimum absolute atomic E-state index is 0.0249. The summed E-state index contributed by atoms with van der Waals surface area (Å²) in [6.45, 7) is 11.3. The molecular formula is C17H29N3O2. The van der Waals surface area contributed by atoms with E-state index in [2.05, 4.69) is 35.5 Å². The molecule has 0 unspecified atom stereocenters. The van der Waals surface area contributed by atoms with E-state index in [1.165, 1.54) is 17.7 Å². The van der Waals surface area contributed by atoms with Crippen molar-refractivity contribution in [3.8, 4) is 0 Å². The fourth-order valence-electron chi connectivity index (χ4n) is 4.10. The summed E-state index contributed by atoms with van der Waals surface area (Å²) in [4.78, 5) is 2.50. The third kappa shape index (κ3) is 2.70. The van der Waals surface area contributed by atoms with Crippen molar-refractivity contribution in [1.29, 1.82) is 0 Å². The van der Waals surface area contributed by atoms with Gasteiger partial charge in [0.25, 0.3) is 0 Å². The largest absolute Gasteiger partial charge is 0.377 e. The molecule has 0 bridgehead atoms. The zero-order chi connectivity index (χ0) is 15.7. The van der Waals surface area contributed by atoms with Crippen LogP contribution in [0, 0.1) is 13.8 Å². The molecule has 1 aromatic heterocycles. The van der Waals surface area contributed by atoms with Gasteiger partial charge in [0.2, 0.25) is 0 Å². The number of aryl methyl sites for hydroxylation is 2. The molecule has 5 heteroatoms. The molecule has 0 amide bonds. The first-order valence-corrected chi connectivity index (χ1v) is 8.51. The molecule has 2 aliphatic rings. The number of rotatable bonds is 4. The Balaban J connectivity index is 1.71. The first kappa shape index (κ1) is 16.0. The second kappa shape index (κ2) is 6.30. The summed E-state index contributed by atoms with van der Waals surface area (Å²) in [6.07, 6.45) is 3.57. The van der Waals surface area contributed by atoms with Gasteiger partial charge >= 0.3 is 0 Å². The first-order chi connectivity index (χ1) is 10.6. The summed E-state index contributed by atoms with van der Waals surface area (Å²) >= 11 is 0. The van der Waals surface area contributed by atoms with E-state index < -0.39 is 0 Å².